The number of hydrogen-bond acceptors (Lipinski definition) is 2. The number of alkyl halides is 3. The number of carbonyl (C=O) groups is 1. The van der Waals surface area contributed by atoms with Gasteiger partial charge in [0.05, 0.1) is 34.0 Å². The van der Waals surface area contributed by atoms with Crippen LogP contribution in [0.5, 0.6) is 0 Å². The topological polar surface area (TPSA) is 59.0 Å². The van der Waals surface area contributed by atoms with Crippen molar-refractivity contribution in [1.29, 1.82) is 0 Å². The molecule has 0 radical (unpaired) electrons. The molecule has 0 aliphatic carbocycles. The Hall–Kier alpha value is -3.00. The van der Waals surface area contributed by atoms with Crippen LogP contribution < -0.4 is 10.6 Å². The highest BCUT2D eigenvalue weighted by atomic mass is 35.5. The predicted octanol–water partition coefficient (Wildman–Crippen LogP) is 5.19. The molecule has 1 heterocycles. The Labute approximate surface area is 151 Å². The fourth-order valence-corrected chi connectivity index (χ4v) is 2.46. The molecule has 0 spiro atoms. The molecule has 3 aromatic rings. The highest BCUT2D eigenvalue weighted by Crippen LogP contribution is 2.33. The second-order valence-corrected chi connectivity index (χ2v) is 5.67. The summed E-state index contributed by atoms with van der Waals surface area (Å²) in [7, 11) is 0. The van der Waals surface area contributed by atoms with Crippen LogP contribution in [0.4, 0.5) is 29.3 Å². The minimum Gasteiger partial charge on any atom is -0.306 e. The van der Waals surface area contributed by atoms with Gasteiger partial charge in [-0.2, -0.15) is 13.2 Å². The fourth-order valence-electron chi connectivity index (χ4n) is 2.28. The maximum absolute atomic E-state index is 13.0. The molecule has 0 atom stereocenters. The van der Waals surface area contributed by atoms with Crippen molar-refractivity contribution < 1.29 is 18.0 Å². The van der Waals surface area contributed by atoms with E-state index in [2.05, 4.69) is 15.6 Å². The average molecular weight is 381 g/mol. The van der Waals surface area contributed by atoms with E-state index in [1.54, 1.807) is 30.5 Å². The summed E-state index contributed by atoms with van der Waals surface area (Å²) in [6.45, 7) is 0. The average Bonchev–Trinajstić information content (AvgIpc) is 3.10. The van der Waals surface area contributed by atoms with E-state index >= 15 is 0 Å². The molecule has 2 amide bonds. The van der Waals surface area contributed by atoms with E-state index in [1.165, 1.54) is 23.2 Å². The predicted molar refractivity (Wildman–Crippen MR) is 92.7 cm³/mol. The standard InChI is InChI=1S/C17H12ClF3N4O/c18-12-3-1-2-4-13(12)23-16(26)24-14-9-11(17(19,20)21)5-6-15(14)25-8-7-22-10-25/h1-10H,(H2,23,24,26). The van der Waals surface area contributed by atoms with Crippen LogP contribution in [0.2, 0.25) is 5.02 Å². The monoisotopic (exact) mass is 380 g/mol. The zero-order chi connectivity index (χ0) is 18.7. The third-order valence-corrected chi connectivity index (χ3v) is 3.81. The van der Waals surface area contributed by atoms with Crippen molar-refractivity contribution in [2.75, 3.05) is 10.6 Å². The molecule has 0 unspecified atom stereocenters. The van der Waals surface area contributed by atoms with Crippen molar-refractivity contribution in [2.24, 2.45) is 0 Å². The van der Waals surface area contributed by atoms with E-state index in [0.29, 0.717) is 16.4 Å². The van der Waals surface area contributed by atoms with E-state index < -0.39 is 17.8 Å². The summed E-state index contributed by atoms with van der Waals surface area (Å²) in [5.41, 5.74) is -0.232. The SMILES string of the molecule is O=C(Nc1ccccc1Cl)Nc1cc(C(F)(F)F)ccc1-n1ccnc1. The Bertz CT molecular complexity index is 926. The van der Waals surface area contributed by atoms with Gasteiger partial charge in [-0.05, 0) is 30.3 Å². The summed E-state index contributed by atoms with van der Waals surface area (Å²) in [5.74, 6) is 0. The van der Waals surface area contributed by atoms with Crippen molar-refractivity contribution in [1.82, 2.24) is 9.55 Å². The van der Waals surface area contributed by atoms with Crippen LogP contribution in [-0.4, -0.2) is 15.6 Å². The summed E-state index contributed by atoms with van der Waals surface area (Å²) in [6, 6.07) is 8.85. The number of rotatable bonds is 3. The maximum atomic E-state index is 13.0. The number of aromatic nitrogens is 2. The van der Waals surface area contributed by atoms with Crippen LogP contribution >= 0.6 is 11.6 Å². The van der Waals surface area contributed by atoms with Gasteiger partial charge in [-0.1, -0.05) is 23.7 Å². The number of imidazole rings is 1. The third-order valence-electron chi connectivity index (χ3n) is 3.48. The van der Waals surface area contributed by atoms with Crippen LogP contribution in [0, 0.1) is 0 Å². The highest BCUT2D eigenvalue weighted by molar-refractivity contribution is 6.33. The Balaban J connectivity index is 1.91. The lowest BCUT2D eigenvalue weighted by Crippen LogP contribution is -2.21. The minimum absolute atomic E-state index is 0.0256. The Kier molecular flexibility index (Phi) is 4.85. The second kappa shape index (κ2) is 7.09. The van der Waals surface area contributed by atoms with Gasteiger partial charge in [0.1, 0.15) is 0 Å². The molecule has 2 aromatic carbocycles. The lowest BCUT2D eigenvalue weighted by Gasteiger charge is -2.15. The molecule has 2 N–H and O–H groups in total. The second-order valence-electron chi connectivity index (χ2n) is 5.26. The van der Waals surface area contributed by atoms with Gasteiger partial charge in [0.2, 0.25) is 0 Å². The quantitative estimate of drug-likeness (QED) is 0.657. The number of nitrogens with one attached hydrogen (secondary N) is 2. The number of urea groups is 1. The van der Waals surface area contributed by atoms with Gasteiger partial charge in [0.15, 0.2) is 0 Å². The number of hydrogen-bond donors (Lipinski definition) is 2. The number of carbonyl (C=O) groups excluding carboxylic acids is 1. The summed E-state index contributed by atoms with van der Waals surface area (Å²) >= 11 is 5.97. The highest BCUT2D eigenvalue weighted by Gasteiger charge is 2.31. The van der Waals surface area contributed by atoms with Gasteiger partial charge in [-0.15, -0.1) is 0 Å². The van der Waals surface area contributed by atoms with Crippen LogP contribution in [-0.2, 0) is 6.18 Å². The van der Waals surface area contributed by atoms with E-state index in [-0.39, 0.29) is 5.69 Å². The Morgan fingerprint density at radius 1 is 1.08 bits per heavy atom. The molecule has 3 rings (SSSR count). The molecule has 0 aliphatic heterocycles. The van der Waals surface area contributed by atoms with E-state index in [0.717, 1.165) is 12.1 Å². The van der Waals surface area contributed by atoms with Gasteiger partial charge in [-0.25, -0.2) is 9.78 Å². The van der Waals surface area contributed by atoms with Crippen LogP contribution in [0.1, 0.15) is 5.56 Å². The summed E-state index contributed by atoms with van der Waals surface area (Å²) in [6.07, 6.45) is -0.0894. The maximum Gasteiger partial charge on any atom is 0.416 e. The molecular weight excluding hydrogens is 369 g/mol. The lowest BCUT2D eigenvalue weighted by molar-refractivity contribution is -0.137. The van der Waals surface area contributed by atoms with Gasteiger partial charge >= 0.3 is 12.2 Å². The number of amides is 2. The normalized spacial score (nSPS) is 11.2. The van der Waals surface area contributed by atoms with Crippen molar-refractivity contribution in [3.05, 3.63) is 71.8 Å². The summed E-state index contributed by atoms with van der Waals surface area (Å²) in [5, 5.41) is 5.24. The number of anilines is 2. The van der Waals surface area contributed by atoms with E-state index in [4.69, 9.17) is 11.6 Å². The molecule has 0 saturated heterocycles. The molecule has 26 heavy (non-hydrogen) atoms. The third kappa shape index (κ3) is 3.97. The van der Waals surface area contributed by atoms with Crippen molar-refractivity contribution in [3.63, 3.8) is 0 Å². The zero-order valence-corrected chi connectivity index (χ0v) is 13.8. The first-order valence-corrected chi connectivity index (χ1v) is 7.74. The first-order chi connectivity index (χ1) is 12.3. The van der Waals surface area contributed by atoms with Gasteiger partial charge in [0, 0.05) is 12.4 Å². The molecule has 1 aromatic heterocycles. The molecule has 0 aliphatic rings. The molecule has 0 bridgehead atoms. The molecule has 134 valence electrons. The molecule has 0 fully saturated rings. The lowest BCUT2D eigenvalue weighted by atomic mass is 10.1. The van der Waals surface area contributed by atoms with Crippen molar-refractivity contribution in [3.8, 4) is 5.69 Å². The van der Waals surface area contributed by atoms with Gasteiger partial charge in [0.25, 0.3) is 0 Å². The zero-order valence-electron chi connectivity index (χ0n) is 13.1. The minimum atomic E-state index is -4.54. The summed E-state index contributed by atoms with van der Waals surface area (Å²) in [4.78, 5) is 16.1. The van der Waals surface area contributed by atoms with Crippen molar-refractivity contribution in [2.45, 2.75) is 6.18 Å². The molecule has 9 heteroatoms. The fraction of sp³-hybridized carbons (Fsp3) is 0.0588. The number of halogens is 4. The molecular formula is C17H12ClF3N4O. The first-order valence-electron chi connectivity index (χ1n) is 7.37. The number of para-hydroxylation sites is 1. The van der Waals surface area contributed by atoms with E-state index in [1.807, 2.05) is 0 Å². The Morgan fingerprint density at radius 2 is 1.81 bits per heavy atom. The largest absolute Gasteiger partial charge is 0.416 e. The van der Waals surface area contributed by atoms with Crippen molar-refractivity contribution >= 4 is 29.0 Å². The molecule has 0 saturated carbocycles. The van der Waals surface area contributed by atoms with E-state index in [9.17, 15) is 18.0 Å². The van der Waals surface area contributed by atoms with Gasteiger partial charge < -0.3 is 15.2 Å². The van der Waals surface area contributed by atoms with Crippen LogP contribution in [0.25, 0.3) is 5.69 Å². The van der Waals surface area contributed by atoms with Crippen LogP contribution in [0.3, 0.4) is 0 Å². The first kappa shape index (κ1) is 17.8. The smallest absolute Gasteiger partial charge is 0.306 e. The van der Waals surface area contributed by atoms with Gasteiger partial charge in [-0.3, -0.25) is 0 Å². The van der Waals surface area contributed by atoms with Crippen LogP contribution in [0.15, 0.2) is 61.2 Å². The summed E-state index contributed by atoms with van der Waals surface area (Å²) < 4.78 is 40.5. The number of benzene rings is 2. The number of nitrogens with zero attached hydrogens (tertiary/aromatic N) is 2. The molecule has 5 nitrogen and oxygen atoms in total. The Morgan fingerprint density at radius 3 is 2.46 bits per heavy atom.